The first kappa shape index (κ1) is 12.2. The number of nitrogens with zero attached hydrogens (tertiary/aromatic N) is 2. The first-order valence-electron chi connectivity index (χ1n) is 5.49. The predicted octanol–water partition coefficient (Wildman–Crippen LogP) is 3.09. The van der Waals surface area contributed by atoms with Gasteiger partial charge in [-0.3, -0.25) is 0 Å². The second-order valence-electron chi connectivity index (χ2n) is 3.85. The van der Waals surface area contributed by atoms with Crippen molar-refractivity contribution in [1.82, 2.24) is 15.3 Å². The number of halogens is 1. The minimum absolute atomic E-state index is 0.304. The van der Waals surface area contributed by atoms with Gasteiger partial charge in [-0.05, 0) is 30.7 Å². The zero-order valence-electron chi connectivity index (χ0n) is 9.60. The fourth-order valence-corrected chi connectivity index (χ4v) is 1.81. The maximum Gasteiger partial charge on any atom is 0.115 e. The van der Waals surface area contributed by atoms with Gasteiger partial charge in [-0.15, -0.1) is 0 Å². The molecule has 88 valence electrons. The third-order valence-electron chi connectivity index (χ3n) is 2.60. The van der Waals surface area contributed by atoms with Crippen molar-refractivity contribution in [2.45, 2.75) is 19.5 Å². The van der Waals surface area contributed by atoms with Crippen molar-refractivity contribution in [2.75, 3.05) is 0 Å². The van der Waals surface area contributed by atoms with E-state index in [0.29, 0.717) is 6.04 Å². The molecule has 0 aliphatic carbocycles. The first-order valence-corrected chi connectivity index (χ1v) is 6.29. The molecule has 2 rings (SSSR count). The van der Waals surface area contributed by atoms with E-state index in [4.69, 9.17) is 0 Å². The molecule has 1 N–H and O–H groups in total. The Balaban J connectivity index is 1.93. The van der Waals surface area contributed by atoms with Crippen molar-refractivity contribution in [3.63, 3.8) is 0 Å². The highest BCUT2D eigenvalue weighted by molar-refractivity contribution is 9.10. The molecule has 3 nitrogen and oxygen atoms in total. The van der Waals surface area contributed by atoms with Crippen LogP contribution in [0.25, 0.3) is 0 Å². The molecule has 1 aromatic carbocycles. The molecular formula is C13H14BrN3. The highest BCUT2D eigenvalue weighted by atomic mass is 79.9. The van der Waals surface area contributed by atoms with Crippen LogP contribution in [0.3, 0.4) is 0 Å². The molecule has 0 bridgehead atoms. The van der Waals surface area contributed by atoms with Gasteiger partial charge in [0.25, 0.3) is 0 Å². The summed E-state index contributed by atoms with van der Waals surface area (Å²) in [6.45, 7) is 2.89. The van der Waals surface area contributed by atoms with Crippen LogP contribution in [-0.4, -0.2) is 9.97 Å². The van der Waals surface area contributed by atoms with Crippen molar-refractivity contribution in [3.05, 3.63) is 58.6 Å². The molecule has 0 radical (unpaired) electrons. The molecule has 1 heterocycles. The van der Waals surface area contributed by atoms with Crippen LogP contribution >= 0.6 is 15.9 Å². The van der Waals surface area contributed by atoms with E-state index in [9.17, 15) is 0 Å². The van der Waals surface area contributed by atoms with Crippen LogP contribution in [-0.2, 0) is 6.54 Å². The smallest absolute Gasteiger partial charge is 0.115 e. The second kappa shape index (κ2) is 5.89. The van der Waals surface area contributed by atoms with Crippen molar-refractivity contribution in [3.8, 4) is 0 Å². The van der Waals surface area contributed by atoms with E-state index in [-0.39, 0.29) is 0 Å². The van der Waals surface area contributed by atoms with Crippen molar-refractivity contribution >= 4 is 15.9 Å². The minimum Gasteiger partial charge on any atom is -0.305 e. The Bertz CT molecular complexity index is 456. The number of aromatic nitrogens is 2. The van der Waals surface area contributed by atoms with Crippen molar-refractivity contribution < 1.29 is 0 Å². The number of hydrogen-bond donors (Lipinski definition) is 1. The molecule has 2 aromatic rings. The summed E-state index contributed by atoms with van der Waals surface area (Å²) in [6, 6.07) is 10.6. The maximum absolute atomic E-state index is 4.18. The van der Waals surface area contributed by atoms with Crippen LogP contribution < -0.4 is 5.32 Å². The molecule has 0 spiro atoms. The van der Waals surface area contributed by atoms with E-state index in [2.05, 4.69) is 62.4 Å². The highest BCUT2D eigenvalue weighted by Crippen LogP contribution is 2.16. The molecule has 0 aliphatic heterocycles. The Morgan fingerprint density at radius 3 is 2.65 bits per heavy atom. The van der Waals surface area contributed by atoms with Gasteiger partial charge in [-0.2, -0.15) is 0 Å². The number of rotatable bonds is 4. The third kappa shape index (κ3) is 3.61. The summed E-state index contributed by atoms with van der Waals surface area (Å²) in [5.74, 6) is 0. The fraction of sp³-hybridized carbons (Fsp3) is 0.231. The van der Waals surface area contributed by atoms with Gasteiger partial charge in [0.1, 0.15) is 6.33 Å². The summed E-state index contributed by atoms with van der Waals surface area (Å²) in [4.78, 5) is 8.07. The Hall–Kier alpha value is -1.26. The summed E-state index contributed by atoms with van der Waals surface area (Å²) >= 11 is 3.43. The molecular weight excluding hydrogens is 278 g/mol. The largest absolute Gasteiger partial charge is 0.305 e. The van der Waals surface area contributed by atoms with Gasteiger partial charge in [0, 0.05) is 23.3 Å². The lowest BCUT2D eigenvalue weighted by atomic mass is 10.1. The van der Waals surface area contributed by atoms with E-state index in [1.807, 2.05) is 6.07 Å². The van der Waals surface area contributed by atoms with E-state index < -0.39 is 0 Å². The highest BCUT2D eigenvalue weighted by Gasteiger charge is 2.04. The molecule has 1 atom stereocenters. The zero-order chi connectivity index (χ0) is 12.1. The molecule has 0 saturated heterocycles. The van der Waals surface area contributed by atoms with Gasteiger partial charge >= 0.3 is 0 Å². The van der Waals surface area contributed by atoms with Crippen LogP contribution in [0.15, 0.2) is 47.3 Å². The molecule has 0 fully saturated rings. The molecule has 0 amide bonds. The number of benzene rings is 1. The summed E-state index contributed by atoms with van der Waals surface area (Å²) in [5, 5.41) is 3.43. The second-order valence-corrected chi connectivity index (χ2v) is 4.77. The van der Waals surface area contributed by atoms with Crippen LogP contribution in [0, 0.1) is 0 Å². The third-order valence-corrected chi connectivity index (χ3v) is 3.13. The number of nitrogens with one attached hydrogen (secondary N) is 1. The molecule has 4 heteroatoms. The van der Waals surface area contributed by atoms with Gasteiger partial charge < -0.3 is 5.32 Å². The lowest BCUT2D eigenvalue weighted by Gasteiger charge is -2.13. The van der Waals surface area contributed by atoms with E-state index in [1.165, 1.54) is 5.56 Å². The Kier molecular flexibility index (Phi) is 4.23. The fourth-order valence-electron chi connectivity index (χ4n) is 1.55. The zero-order valence-corrected chi connectivity index (χ0v) is 11.2. The average Bonchev–Trinajstić information content (AvgIpc) is 2.38. The summed E-state index contributed by atoms with van der Waals surface area (Å²) < 4.78 is 1.10. The summed E-state index contributed by atoms with van der Waals surface area (Å²) in [7, 11) is 0. The van der Waals surface area contributed by atoms with Gasteiger partial charge in [0.2, 0.25) is 0 Å². The van der Waals surface area contributed by atoms with Gasteiger partial charge in [-0.1, -0.05) is 28.1 Å². The molecule has 0 aliphatic rings. The van der Waals surface area contributed by atoms with Crippen LogP contribution in [0.4, 0.5) is 0 Å². The van der Waals surface area contributed by atoms with Gasteiger partial charge in [0.05, 0.1) is 5.69 Å². The van der Waals surface area contributed by atoms with Crippen LogP contribution in [0.5, 0.6) is 0 Å². The summed E-state index contributed by atoms with van der Waals surface area (Å²) in [5.41, 5.74) is 2.27. The first-order chi connectivity index (χ1) is 8.25. The molecule has 1 aromatic heterocycles. The molecule has 1 unspecified atom stereocenters. The van der Waals surface area contributed by atoms with E-state index in [0.717, 1.165) is 16.7 Å². The minimum atomic E-state index is 0.304. The standard InChI is InChI=1S/C13H14BrN3/c1-10(11-2-4-12(14)5-3-11)16-8-13-6-7-15-9-17-13/h2-7,9-10,16H,8H2,1H3. The monoisotopic (exact) mass is 291 g/mol. The normalized spacial score (nSPS) is 12.4. The lowest BCUT2D eigenvalue weighted by Crippen LogP contribution is -2.18. The SMILES string of the molecule is CC(NCc1ccncn1)c1ccc(Br)cc1. The van der Waals surface area contributed by atoms with Gasteiger partial charge in [0.15, 0.2) is 0 Å². The van der Waals surface area contributed by atoms with Gasteiger partial charge in [-0.25, -0.2) is 9.97 Å². The quantitative estimate of drug-likeness (QED) is 0.941. The Labute approximate surface area is 109 Å². The van der Waals surface area contributed by atoms with E-state index in [1.54, 1.807) is 12.5 Å². The van der Waals surface area contributed by atoms with Crippen molar-refractivity contribution in [1.29, 1.82) is 0 Å². The molecule has 17 heavy (non-hydrogen) atoms. The topological polar surface area (TPSA) is 37.8 Å². The predicted molar refractivity (Wildman–Crippen MR) is 71.4 cm³/mol. The Morgan fingerprint density at radius 1 is 1.24 bits per heavy atom. The van der Waals surface area contributed by atoms with Crippen molar-refractivity contribution in [2.24, 2.45) is 0 Å². The lowest BCUT2D eigenvalue weighted by molar-refractivity contribution is 0.567. The van der Waals surface area contributed by atoms with Crippen LogP contribution in [0.1, 0.15) is 24.2 Å². The summed E-state index contributed by atoms with van der Waals surface area (Å²) in [6.07, 6.45) is 3.33. The van der Waals surface area contributed by atoms with Crippen LogP contribution in [0.2, 0.25) is 0 Å². The Morgan fingerprint density at radius 2 is 2.00 bits per heavy atom. The number of hydrogen-bond acceptors (Lipinski definition) is 3. The molecule has 0 saturated carbocycles. The average molecular weight is 292 g/mol. The van der Waals surface area contributed by atoms with E-state index >= 15 is 0 Å². The maximum atomic E-state index is 4.18.